The maximum atomic E-state index is 13.2. The number of carbonyl (C=O) groups excluding carboxylic acids is 1. The topological polar surface area (TPSA) is 61.4 Å². The molecule has 2 aromatic carbocycles. The van der Waals surface area contributed by atoms with Gasteiger partial charge in [-0.1, -0.05) is 18.2 Å². The average molecular weight is 274 g/mol. The second-order valence-electron chi connectivity index (χ2n) is 4.51. The van der Waals surface area contributed by atoms with Crippen LogP contribution in [0, 0.1) is 19.7 Å². The molecule has 104 valence electrons. The molecule has 0 atom stereocenters. The van der Waals surface area contributed by atoms with Crippen molar-refractivity contribution >= 4 is 17.4 Å². The molecule has 0 saturated heterocycles. The second kappa shape index (κ2) is 5.61. The van der Waals surface area contributed by atoms with Gasteiger partial charge in [-0.2, -0.15) is 0 Å². The third kappa shape index (κ3) is 3.06. The zero-order chi connectivity index (χ0) is 14.7. The highest BCUT2D eigenvalue weighted by molar-refractivity contribution is 6.00. The van der Waals surface area contributed by atoms with E-state index in [0.717, 1.165) is 22.9 Å². The van der Waals surface area contributed by atoms with E-state index < -0.39 is 17.6 Å². The number of halogens is 1. The third-order valence-electron chi connectivity index (χ3n) is 2.93. The first-order valence-electron chi connectivity index (χ1n) is 6.10. The van der Waals surface area contributed by atoms with Crippen molar-refractivity contribution in [1.82, 2.24) is 0 Å². The number of carbonyl (C=O) groups is 1. The number of urea groups is 1. The smallest absolute Gasteiger partial charge is 0.323 e. The highest BCUT2D eigenvalue weighted by atomic mass is 19.1. The monoisotopic (exact) mass is 274 g/mol. The van der Waals surface area contributed by atoms with Gasteiger partial charge in [-0.15, -0.1) is 0 Å². The van der Waals surface area contributed by atoms with Crippen molar-refractivity contribution in [3.8, 4) is 5.75 Å². The predicted molar refractivity (Wildman–Crippen MR) is 76.6 cm³/mol. The summed E-state index contributed by atoms with van der Waals surface area (Å²) in [6.45, 7) is 3.78. The molecule has 2 rings (SSSR count). The molecule has 0 fully saturated rings. The summed E-state index contributed by atoms with van der Waals surface area (Å²) in [6.07, 6.45) is 0. The van der Waals surface area contributed by atoms with Gasteiger partial charge in [0.15, 0.2) is 11.6 Å². The summed E-state index contributed by atoms with van der Waals surface area (Å²) in [7, 11) is 0. The third-order valence-corrected chi connectivity index (χ3v) is 2.93. The van der Waals surface area contributed by atoms with Crippen LogP contribution in [0.5, 0.6) is 5.75 Å². The van der Waals surface area contributed by atoms with E-state index in [2.05, 4.69) is 10.6 Å². The Labute approximate surface area is 116 Å². The van der Waals surface area contributed by atoms with Crippen molar-refractivity contribution in [2.75, 3.05) is 10.6 Å². The van der Waals surface area contributed by atoms with Gasteiger partial charge in [0.1, 0.15) is 0 Å². The van der Waals surface area contributed by atoms with Crippen LogP contribution in [0.2, 0.25) is 0 Å². The van der Waals surface area contributed by atoms with Crippen molar-refractivity contribution in [3.05, 3.63) is 53.3 Å². The van der Waals surface area contributed by atoms with Crippen LogP contribution < -0.4 is 10.6 Å². The number of aryl methyl sites for hydroxylation is 2. The zero-order valence-electron chi connectivity index (χ0n) is 11.2. The Bertz CT molecular complexity index is 636. The molecule has 3 N–H and O–H groups in total. The summed E-state index contributed by atoms with van der Waals surface area (Å²) in [5.74, 6) is -1.24. The number of nitrogens with one attached hydrogen (secondary N) is 2. The molecule has 0 aliphatic carbocycles. The number of phenolic OH excluding ortho intramolecular Hbond substituents is 1. The molecule has 0 radical (unpaired) electrons. The van der Waals surface area contributed by atoms with Gasteiger partial charge in [-0.05, 0) is 37.1 Å². The molecule has 0 heterocycles. The Hall–Kier alpha value is -2.56. The number of amides is 2. The average Bonchev–Trinajstić information content (AvgIpc) is 2.38. The van der Waals surface area contributed by atoms with Gasteiger partial charge in [0.05, 0.1) is 0 Å². The summed E-state index contributed by atoms with van der Waals surface area (Å²) in [4.78, 5) is 11.9. The molecule has 0 bridgehead atoms. The number of hydrogen-bond acceptors (Lipinski definition) is 2. The molecule has 0 unspecified atom stereocenters. The van der Waals surface area contributed by atoms with Crippen LogP contribution >= 0.6 is 0 Å². The van der Waals surface area contributed by atoms with Gasteiger partial charge in [0.25, 0.3) is 0 Å². The van der Waals surface area contributed by atoms with Gasteiger partial charge in [0.2, 0.25) is 0 Å². The van der Waals surface area contributed by atoms with Gasteiger partial charge < -0.3 is 15.7 Å². The van der Waals surface area contributed by atoms with Crippen LogP contribution in [0.25, 0.3) is 0 Å². The molecule has 20 heavy (non-hydrogen) atoms. The van der Waals surface area contributed by atoms with Crippen LogP contribution in [0.15, 0.2) is 36.4 Å². The van der Waals surface area contributed by atoms with Crippen molar-refractivity contribution in [2.24, 2.45) is 0 Å². The SMILES string of the molecule is Cc1cccc(C)c1NC(=O)Nc1ccc(O)c(F)c1. The van der Waals surface area contributed by atoms with E-state index in [1.807, 2.05) is 32.0 Å². The van der Waals surface area contributed by atoms with E-state index in [1.54, 1.807) is 0 Å². The fraction of sp³-hybridized carbons (Fsp3) is 0.133. The van der Waals surface area contributed by atoms with E-state index in [9.17, 15) is 9.18 Å². The number of para-hydroxylation sites is 1. The largest absolute Gasteiger partial charge is 0.505 e. The van der Waals surface area contributed by atoms with Crippen molar-refractivity contribution in [1.29, 1.82) is 0 Å². The van der Waals surface area contributed by atoms with Gasteiger partial charge in [-0.25, -0.2) is 9.18 Å². The highest BCUT2D eigenvalue weighted by Crippen LogP contribution is 2.21. The number of rotatable bonds is 2. The predicted octanol–water partition coefficient (Wildman–Crippen LogP) is 3.79. The Balaban J connectivity index is 2.11. The number of phenols is 1. The summed E-state index contributed by atoms with van der Waals surface area (Å²) in [5.41, 5.74) is 2.88. The van der Waals surface area contributed by atoms with E-state index in [0.29, 0.717) is 0 Å². The molecule has 0 aliphatic heterocycles. The lowest BCUT2D eigenvalue weighted by Gasteiger charge is -2.12. The molecular formula is C15H15FN2O2. The lowest BCUT2D eigenvalue weighted by atomic mass is 10.1. The number of aromatic hydroxyl groups is 1. The lowest BCUT2D eigenvalue weighted by Crippen LogP contribution is -2.20. The Morgan fingerprint density at radius 3 is 2.35 bits per heavy atom. The first-order chi connectivity index (χ1) is 9.47. The number of anilines is 2. The molecule has 0 aliphatic rings. The first kappa shape index (κ1) is 13.9. The van der Waals surface area contributed by atoms with Crippen molar-refractivity contribution < 1.29 is 14.3 Å². The summed E-state index contributed by atoms with van der Waals surface area (Å²) in [6, 6.07) is 8.88. The summed E-state index contributed by atoms with van der Waals surface area (Å²) >= 11 is 0. The molecule has 4 nitrogen and oxygen atoms in total. The normalized spacial score (nSPS) is 10.2. The van der Waals surface area contributed by atoms with Crippen LogP contribution in [0.4, 0.5) is 20.6 Å². The zero-order valence-corrected chi connectivity index (χ0v) is 11.2. The maximum absolute atomic E-state index is 13.2. The summed E-state index contributed by atoms with van der Waals surface area (Å²) < 4.78 is 13.2. The minimum absolute atomic E-state index is 0.268. The quantitative estimate of drug-likeness (QED) is 0.729. The highest BCUT2D eigenvalue weighted by Gasteiger charge is 2.08. The Morgan fingerprint density at radius 1 is 1.10 bits per heavy atom. The fourth-order valence-corrected chi connectivity index (χ4v) is 1.87. The van der Waals surface area contributed by atoms with E-state index in [-0.39, 0.29) is 5.69 Å². The molecule has 0 spiro atoms. The van der Waals surface area contributed by atoms with Gasteiger partial charge >= 0.3 is 6.03 Å². The Kier molecular flexibility index (Phi) is 3.89. The van der Waals surface area contributed by atoms with Crippen molar-refractivity contribution in [3.63, 3.8) is 0 Å². The van der Waals surface area contributed by atoms with Gasteiger partial charge in [-0.3, -0.25) is 0 Å². The number of hydrogen-bond donors (Lipinski definition) is 3. The van der Waals surface area contributed by atoms with E-state index >= 15 is 0 Å². The van der Waals surface area contributed by atoms with Crippen LogP contribution in [0.1, 0.15) is 11.1 Å². The van der Waals surface area contributed by atoms with Crippen LogP contribution in [-0.4, -0.2) is 11.1 Å². The van der Waals surface area contributed by atoms with Crippen LogP contribution in [0.3, 0.4) is 0 Å². The molecule has 0 aromatic heterocycles. The first-order valence-corrected chi connectivity index (χ1v) is 6.10. The summed E-state index contributed by atoms with van der Waals surface area (Å²) in [5, 5.41) is 14.3. The van der Waals surface area contributed by atoms with E-state index in [1.165, 1.54) is 12.1 Å². The second-order valence-corrected chi connectivity index (χ2v) is 4.51. The van der Waals surface area contributed by atoms with E-state index in [4.69, 9.17) is 5.11 Å². The molecule has 2 aromatic rings. The van der Waals surface area contributed by atoms with Gasteiger partial charge in [0, 0.05) is 17.4 Å². The lowest BCUT2D eigenvalue weighted by molar-refractivity contribution is 0.262. The molecular weight excluding hydrogens is 259 g/mol. The molecule has 2 amide bonds. The van der Waals surface area contributed by atoms with Crippen LogP contribution in [-0.2, 0) is 0 Å². The molecule has 0 saturated carbocycles. The maximum Gasteiger partial charge on any atom is 0.323 e. The minimum Gasteiger partial charge on any atom is -0.505 e. The minimum atomic E-state index is -0.783. The fourth-order valence-electron chi connectivity index (χ4n) is 1.87. The number of benzene rings is 2. The molecule has 5 heteroatoms. The van der Waals surface area contributed by atoms with Crippen molar-refractivity contribution in [2.45, 2.75) is 13.8 Å². The Morgan fingerprint density at radius 2 is 1.75 bits per heavy atom. The standard InChI is InChI=1S/C15H15FN2O2/c1-9-4-3-5-10(2)14(9)18-15(20)17-11-6-7-13(19)12(16)8-11/h3-8,19H,1-2H3,(H2,17,18,20).